The predicted octanol–water partition coefficient (Wildman–Crippen LogP) is 4.20. The van der Waals surface area contributed by atoms with E-state index in [-0.39, 0.29) is 57.6 Å². The Hall–Kier alpha value is -2.62. The molecule has 0 fully saturated rings. The number of hydrogen-bond acceptors (Lipinski definition) is 10. The number of carbonyl (C=O) groups is 2. The molecule has 2 aromatic rings. The van der Waals surface area contributed by atoms with E-state index < -0.39 is 37.2 Å². The minimum Gasteiger partial charge on any atom is -0.493 e. The number of benzene rings is 2. The van der Waals surface area contributed by atoms with Crippen LogP contribution in [-0.4, -0.2) is 53.2 Å². The molecular weight excluding hydrogens is 635 g/mol. The fourth-order valence-electron chi connectivity index (χ4n) is 2.86. The van der Waals surface area contributed by atoms with Gasteiger partial charge in [-0.1, -0.05) is 29.3 Å². The molecule has 0 saturated carbocycles. The highest BCUT2D eigenvalue weighted by atomic mass is 35.5. The number of primary sulfonamides is 2. The van der Waals surface area contributed by atoms with Gasteiger partial charge < -0.3 is 18.9 Å². The summed E-state index contributed by atoms with van der Waals surface area (Å²) in [4.78, 5) is 22.7. The molecule has 0 atom stereocenters. The summed E-state index contributed by atoms with van der Waals surface area (Å²) >= 11 is 11.7. The van der Waals surface area contributed by atoms with Crippen molar-refractivity contribution < 1.29 is 45.4 Å². The van der Waals surface area contributed by atoms with E-state index in [1.165, 1.54) is 24.3 Å². The third-order valence-electron chi connectivity index (χ3n) is 4.41. The number of carbonyl (C=O) groups excluding carboxylic acids is 2. The maximum atomic E-state index is 11.5. The zero-order valence-corrected chi connectivity index (χ0v) is 27.2. The Morgan fingerprint density at radius 2 is 1.24 bits per heavy atom. The summed E-state index contributed by atoms with van der Waals surface area (Å²) in [5.74, 6) is -0.307. The van der Waals surface area contributed by atoms with Crippen LogP contribution in [0.15, 0.2) is 46.2 Å². The number of sulfonamides is 2. The molecular formula is C26H36Cl2N2O10S2. The molecule has 0 heterocycles. The summed E-state index contributed by atoms with van der Waals surface area (Å²) in [5, 5.41) is 9.93. The number of rotatable bonds is 10. The van der Waals surface area contributed by atoms with Gasteiger partial charge in [-0.15, -0.1) is 0 Å². The second-order valence-electron chi connectivity index (χ2n) is 10.6. The van der Waals surface area contributed by atoms with E-state index in [9.17, 15) is 26.4 Å². The smallest absolute Gasteiger partial charge is 0.309 e. The van der Waals surface area contributed by atoms with Crippen LogP contribution in [0.25, 0.3) is 0 Å². The van der Waals surface area contributed by atoms with Crippen LogP contribution in [-0.2, 0) is 39.1 Å². The van der Waals surface area contributed by atoms with Crippen molar-refractivity contribution in [3.63, 3.8) is 0 Å². The molecule has 4 N–H and O–H groups in total. The van der Waals surface area contributed by atoms with Crippen LogP contribution in [0.3, 0.4) is 0 Å². The molecule has 0 amide bonds. The van der Waals surface area contributed by atoms with Crippen LogP contribution < -0.4 is 19.8 Å². The molecule has 236 valence electrons. The van der Waals surface area contributed by atoms with Crippen molar-refractivity contribution in [2.24, 2.45) is 10.3 Å². The number of nitrogens with two attached hydrogens (primary N) is 2. The zero-order chi connectivity index (χ0) is 32.5. The van der Waals surface area contributed by atoms with Crippen molar-refractivity contribution >= 4 is 55.2 Å². The summed E-state index contributed by atoms with van der Waals surface area (Å²) in [5.41, 5.74) is -1.11. The van der Waals surface area contributed by atoms with Crippen molar-refractivity contribution in [2.45, 2.75) is 75.4 Å². The first kappa shape index (κ1) is 37.4. The van der Waals surface area contributed by atoms with Gasteiger partial charge in [-0.25, -0.2) is 27.1 Å². The van der Waals surface area contributed by atoms with Crippen LogP contribution in [0, 0.1) is 0 Å². The van der Waals surface area contributed by atoms with Gasteiger partial charge in [0.15, 0.2) is 0 Å². The Labute approximate surface area is 256 Å². The highest BCUT2D eigenvalue weighted by Crippen LogP contribution is 2.33. The lowest BCUT2D eigenvalue weighted by Gasteiger charge is -2.19. The number of ether oxygens (including phenoxy) is 4. The molecule has 0 aliphatic heterocycles. The van der Waals surface area contributed by atoms with E-state index >= 15 is 0 Å². The lowest BCUT2D eigenvalue weighted by atomic mass is 10.2. The molecule has 0 bridgehead atoms. The minimum absolute atomic E-state index is 0.0136. The number of halogens is 2. The fraction of sp³-hybridized carbons (Fsp3) is 0.462. The largest absolute Gasteiger partial charge is 0.493 e. The number of hydrogen-bond donors (Lipinski definition) is 2. The summed E-state index contributed by atoms with van der Waals surface area (Å²) < 4.78 is 65.8. The van der Waals surface area contributed by atoms with Gasteiger partial charge in [0.05, 0.1) is 41.0 Å². The summed E-state index contributed by atoms with van der Waals surface area (Å²) in [6.07, 6.45) is 0.0963. The van der Waals surface area contributed by atoms with Gasteiger partial charge in [0.25, 0.3) is 0 Å². The molecule has 2 rings (SSSR count). The monoisotopic (exact) mass is 670 g/mol. The van der Waals surface area contributed by atoms with Crippen LogP contribution in [0.2, 0.25) is 10.0 Å². The molecule has 0 aromatic heterocycles. The Kier molecular flexibility index (Phi) is 13.5. The molecule has 0 unspecified atom stereocenters. The van der Waals surface area contributed by atoms with Gasteiger partial charge in [0.1, 0.15) is 27.6 Å². The summed E-state index contributed by atoms with van der Waals surface area (Å²) in [6.45, 7) is 10.7. The van der Waals surface area contributed by atoms with Gasteiger partial charge >= 0.3 is 11.9 Å². The van der Waals surface area contributed by atoms with Crippen LogP contribution in [0.5, 0.6) is 11.5 Å². The van der Waals surface area contributed by atoms with Crippen molar-refractivity contribution in [2.75, 3.05) is 13.2 Å². The standard InChI is InChI=1S/C13H17Cl2NO5S.C13H19NO5S/c1-13(2,3)21-12(17)4-5-20-10-6-9(15)11(7-8(10)14)22(16,18)19;1-13(2,3)19-12(15)7-8-18-10-5-4-6-11(9-10)20(14,16)17/h6-7H,4-5H2,1-3H3,(H2,16,18,19);4-6,9H,7-8H2,1-3H3,(H2,14,16,17). The molecule has 0 radical (unpaired) electrons. The molecule has 2 aromatic carbocycles. The van der Waals surface area contributed by atoms with E-state index in [1.807, 2.05) is 0 Å². The minimum atomic E-state index is -3.97. The molecule has 0 aliphatic rings. The molecule has 0 aliphatic carbocycles. The second-order valence-corrected chi connectivity index (χ2v) is 14.6. The van der Waals surface area contributed by atoms with E-state index in [1.54, 1.807) is 47.6 Å². The third-order valence-corrected chi connectivity index (χ3v) is 6.99. The maximum Gasteiger partial charge on any atom is 0.309 e. The highest BCUT2D eigenvalue weighted by molar-refractivity contribution is 7.89. The Morgan fingerprint density at radius 3 is 1.69 bits per heavy atom. The number of esters is 2. The summed E-state index contributed by atoms with van der Waals surface area (Å²) in [7, 11) is -7.74. The quantitative estimate of drug-likeness (QED) is 0.346. The normalized spacial score (nSPS) is 12.0. The van der Waals surface area contributed by atoms with Gasteiger partial charge in [0.2, 0.25) is 20.0 Å². The first-order valence-electron chi connectivity index (χ1n) is 12.3. The SMILES string of the molecule is CC(C)(C)OC(=O)CCOc1cc(Cl)c(S(N)(=O)=O)cc1Cl.CC(C)(C)OC(=O)CCOc1cccc(S(N)(=O)=O)c1. The maximum absolute atomic E-state index is 11.5. The highest BCUT2D eigenvalue weighted by Gasteiger charge is 2.19. The van der Waals surface area contributed by atoms with Crippen molar-refractivity contribution in [3.8, 4) is 11.5 Å². The van der Waals surface area contributed by atoms with Crippen LogP contribution >= 0.6 is 23.2 Å². The average Bonchev–Trinajstić information content (AvgIpc) is 2.78. The third kappa shape index (κ3) is 15.0. The molecule has 42 heavy (non-hydrogen) atoms. The van der Waals surface area contributed by atoms with Gasteiger partial charge in [-0.2, -0.15) is 0 Å². The molecule has 16 heteroatoms. The van der Waals surface area contributed by atoms with Crippen molar-refractivity contribution in [1.29, 1.82) is 0 Å². The van der Waals surface area contributed by atoms with E-state index in [2.05, 4.69) is 0 Å². The summed E-state index contributed by atoms with van der Waals surface area (Å²) in [6, 6.07) is 8.12. The average molecular weight is 672 g/mol. The van der Waals surface area contributed by atoms with Gasteiger partial charge in [0, 0.05) is 12.1 Å². The predicted molar refractivity (Wildman–Crippen MR) is 158 cm³/mol. The van der Waals surface area contributed by atoms with E-state index in [4.69, 9.17) is 52.4 Å². The topological polar surface area (TPSA) is 191 Å². The molecule has 0 spiro atoms. The lowest BCUT2D eigenvalue weighted by Crippen LogP contribution is -2.24. The Bertz CT molecular complexity index is 1470. The second kappa shape index (κ2) is 15.2. The van der Waals surface area contributed by atoms with Gasteiger partial charge in [-0.3, -0.25) is 9.59 Å². The Balaban J connectivity index is 0.000000422. The molecule has 0 saturated heterocycles. The van der Waals surface area contributed by atoms with E-state index in [0.717, 1.165) is 6.07 Å². The Morgan fingerprint density at radius 1 is 0.738 bits per heavy atom. The lowest BCUT2D eigenvalue weighted by molar-refractivity contribution is -0.156. The van der Waals surface area contributed by atoms with Gasteiger partial charge in [-0.05, 0) is 59.7 Å². The van der Waals surface area contributed by atoms with Crippen LogP contribution in [0.4, 0.5) is 0 Å². The zero-order valence-electron chi connectivity index (χ0n) is 24.1. The fourth-order valence-corrected chi connectivity index (χ4v) is 4.78. The molecule has 12 nitrogen and oxygen atoms in total. The van der Waals surface area contributed by atoms with Crippen LogP contribution in [0.1, 0.15) is 54.4 Å². The van der Waals surface area contributed by atoms with E-state index in [0.29, 0.717) is 5.75 Å². The van der Waals surface area contributed by atoms with Crippen molar-refractivity contribution in [1.82, 2.24) is 0 Å². The first-order valence-corrected chi connectivity index (χ1v) is 16.2. The first-order chi connectivity index (χ1) is 19.0. The van der Waals surface area contributed by atoms with Crippen molar-refractivity contribution in [3.05, 3.63) is 46.4 Å².